The number of aromatic nitrogens is 2. The monoisotopic (exact) mass is 238 g/mol. The zero-order valence-electron chi connectivity index (χ0n) is 10.9. The Bertz CT molecular complexity index is 374. The van der Waals surface area contributed by atoms with Crippen molar-refractivity contribution in [1.82, 2.24) is 14.7 Å². The van der Waals surface area contributed by atoms with Crippen molar-refractivity contribution in [2.24, 2.45) is 0 Å². The Kier molecular flexibility index (Phi) is 3.40. The molecule has 0 radical (unpaired) electrons. The van der Waals surface area contributed by atoms with E-state index in [1.165, 1.54) is 0 Å². The third-order valence-electron chi connectivity index (χ3n) is 2.91. The van der Waals surface area contributed by atoms with Crippen LogP contribution >= 0.6 is 0 Å². The molecule has 0 atom stereocenters. The molecule has 17 heavy (non-hydrogen) atoms. The molecule has 0 aliphatic carbocycles. The van der Waals surface area contributed by atoms with Gasteiger partial charge in [-0.25, -0.2) is 4.68 Å². The molecule has 2 heterocycles. The van der Waals surface area contributed by atoms with E-state index in [0.29, 0.717) is 0 Å². The molecule has 0 unspecified atom stereocenters. The number of nitrogens with two attached hydrogens (primary N) is 1. The van der Waals surface area contributed by atoms with Gasteiger partial charge in [-0.15, -0.1) is 0 Å². The van der Waals surface area contributed by atoms with Crippen LogP contribution in [-0.4, -0.2) is 41.0 Å². The molecule has 0 spiro atoms. The number of nitrogen functional groups attached to an aromatic ring is 1. The Labute approximate surface area is 103 Å². The van der Waals surface area contributed by atoms with Crippen molar-refractivity contribution in [1.29, 1.82) is 0 Å². The van der Waals surface area contributed by atoms with E-state index >= 15 is 0 Å². The van der Waals surface area contributed by atoms with E-state index in [1.807, 2.05) is 10.7 Å². The molecule has 5 heteroatoms. The van der Waals surface area contributed by atoms with Crippen molar-refractivity contribution in [3.05, 3.63) is 11.8 Å². The van der Waals surface area contributed by atoms with Crippen LogP contribution in [0.5, 0.6) is 0 Å². The predicted octanol–water partition coefficient (Wildman–Crippen LogP) is 1.05. The van der Waals surface area contributed by atoms with E-state index in [4.69, 9.17) is 10.5 Å². The Balaban J connectivity index is 2.06. The zero-order chi connectivity index (χ0) is 12.5. The van der Waals surface area contributed by atoms with Gasteiger partial charge in [0, 0.05) is 25.7 Å². The lowest BCUT2D eigenvalue weighted by Crippen LogP contribution is -2.35. The topological polar surface area (TPSA) is 56.3 Å². The van der Waals surface area contributed by atoms with Crippen molar-refractivity contribution in [2.45, 2.75) is 32.9 Å². The van der Waals surface area contributed by atoms with E-state index in [9.17, 15) is 0 Å². The fraction of sp³-hybridized carbons (Fsp3) is 0.750. The second kappa shape index (κ2) is 4.66. The summed E-state index contributed by atoms with van der Waals surface area (Å²) in [7, 11) is 0. The highest BCUT2D eigenvalue weighted by Crippen LogP contribution is 2.19. The maximum Gasteiger partial charge on any atom is 0.122 e. The summed E-state index contributed by atoms with van der Waals surface area (Å²) in [5, 5.41) is 4.58. The molecule has 0 bridgehead atoms. The zero-order valence-corrected chi connectivity index (χ0v) is 10.9. The van der Waals surface area contributed by atoms with Crippen molar-refractivity contribution in [3.63, 3.8) is 0 Å². The fourth-order valence-corrected chi connectivity index (χ4v) is 2.05. The number of morpholine rings is 1. The van der Waals surface area contributed by atoms with Gasteiger partial charge in [0.05, 0.1) is 24.4 Å². The van der Waals surface area contributed by atoms with Crippen molar-refractivity contribution < 1.29 is 4.74 Å². The first-order chi connectivity index (χ1) is 7.97. The van der Waals surface area contributed by atoms with Gasteiger partial charge in [-0.05, 0) is 20.8 Å². The number of anilines is 1. The highest BCUT2D eigenvalue weighted by atomic mass is 16.5. The Hall–Kier alpha value is -1.07. The molecule has 1 aromatic heterocycles. The van der Waals surface area contributed by atoms with Crippen LogP contribution in [-0.2, 0) is 16.8 Å². The molecular weight excluding hydrogens is 216 g/mol. The van der Waals surface area contributed by atoms with Gasteiger partial charge in [-0.1, -0.05) is 0 Å². The van der Waals surface area contributed by atoms with Crippen molar-refractivity contribution in [3.8, 4) is 0 Å². The lowest BCUT2D eigenvalue weighted by Gasteiger charge is -2.25. The van der Waals surface area contributed by atoms with E-state index in [2.05, 4.69) is 30.8 Å². The first-order valence-electron chi connectivity index (χ1n) is 6.12. The minimum Gasteiger partial charge on any atom is -0.384 e. The van der Waals surface area contributed by atoms with Gasteiger partial charge in [-0.2, -0.15) is 5.10 Å². The van der Waals surface area contributed by atoms with Gasteiger partial charge in [-0.3, -0.25) is 4.90 Å². The number of rotatable bonds is 2. The summed E-state index contributed by atoms with van der Waals surface area (Å²) in [5.41, 5.74) is 6.97. The molecule has 96 valence electrons. The van der Waals surface area contributed by atoms with Crippen LogP contribution in [0.1, 0.15) is 26.5 Å². The quantitative estimate of drug-likeness (QED) is 0.837. The minimum atomic E-state index is -0.0622. The molecule has 1 aliphatic heterocycles. The van der Waals surface area contributed by atoms with E-state index in [0.717, 1.165) is 44.4 Å². The molecule has 0 aromatic carbocycles. The lowest BCUT2D eigenvalue weighted by atomic mass is 10.1. The van der Waals surface area contributed by atoms with Gasteiger partial charge in [0.1, 0.15) is 5.82 Å². The standard InChI is InChI=1S/C12H22N4O/c1-12(2,3)16-11(13)8-10(14-16)9-15-4-6-17-7-5-15/h8H,4-7,9,13H2,1-3H3. The van der Waals surface area contributed by atoms with Gasteiger partial charge in [0.2, 0.25) is 0 Å². The number of nitrogens with zero attached hydrogens (tertiary/aromatic N) is 3. The number of ether oxygens (including phenoxy) is 1. The van der Waals surface area contributed by atoms with E-state index in [1.54, 1.807) is 0 Å². The normalized spacial score (nSPS) is 18.5. The van der Waals surface area contributed by atoms with Gasteiger partial charge in [0.15, 0.2) is 0 Å². The van der Waals surface area contributed by atoms with Crippen molar-refractivity contribution in [2.75, 3.05) is 32.0 Å². The molecule has 0 amide bonds. The average molecular weight is 238 g/mol. The van der Waals surface area contributed by atoms with Crippen LogP contribution in [0.2, 0.25) is 0 Å². The van der Waals surface area contributed by atoms with Crippen LogP contribution in [0.3, 0.4) is 0 Å². The summed E-state index contributed by atoms with van der Waals surface area (Å²) < 4.78 is 7.22. The van der Waals surface area contributed by atoms with Gasteiger partial charge < -0.3 is 10.5 Å². The smallest absolute Gasteiger partial charge is 0.122 e. The molecule has 1 aliphatic rings. The molecule has 1 saturated heterocycles. The summed E-state index contributed by atoms with van der Waals surface area (Å²) in [5.74, 6) is 0.737. The average Bonchev–Trinajstić information content (AvgIpc) is 2.60. The summed E-state index contributed by atoms with van der Waals surface area (Å²) in [6, 6.07) is 1.97. The molecule has 1 aromatic rings. The number of hydrogen-bond acceptors (Lipinski definition) is 4. The molecule has 2 N–H and O–H groups in total. The molecule has 0 saturated carbocycles. The summed E-state index contributed by atoms with van der Waals surface area (Å²) in [6.45, 7) is 10.8. The van der Waals surface area contributed by atoms with Gasteiger partial charge >= 0.3 is 0 Å². The first kappa shape index (κ1) is 12.4. The second-order valence-electron chi connectivity index (χ2n) is 5.53. The minimum absolute atomic E-state index is 0.0622. The van der Waals surface area contributed by atoms with Crippen LogP contribution in [0.15, 0.2) is 6.07 Å². The summed E-state index contributed by atoms with van der Waals surface area (Å²) in [6.07, 6.45) is 0. The summed E-state index contributed by atoms with van der Waals surface area (Å²) >= 11 is 0. The second-order valence-corrected chi connectivity index (χ2v) is 5.53. The first-order valence-corrected chi connectivity index (χ1v) is 6.12. The van der Waals surface area contributed by atoms with E-state index in [-0.39, 0.29) is 5.54 Å². The maximum absolute atomic E-state index is 5.99. The fourth-order valence-electron chi connectivity index (χ4n) is 2.05. The van der Waals surface area contributed by atoms with E-state index < -0.39 is 0 Å². The largest absolute Gasteiger partial charge is 0.384 e. The summed E-state index contributed by atoms with van der Waals surface area (Å²) in [4.78, 5) is 2.35. The third-order valence-corrected chi connectivity index (χ3v) is 2.91. The Morgan fingerprint density at radius 2 is 2.00 bits per heavy atom. The lowest BCUT2D eigenvalue weighted by molar-refractivity contribution is 0.0335. The third kappa shape index (κ3) is 2.98. The SMILES string of the molecule is CC(C)(C)n1nc(CN2CCOCC2)cc1N. The van der Waals surface area contributed by atoms with Crippen molar-refractivity contribution >= 4 is 5.82 Å². The maximum atomic E-state index is 5.99. The van der Waals surface area contributed by atoms with Crippen LogP contribution in [0.25, 0.3) is 0 Å². The highest BCUT2D eigenvalue weighted by molar-refractivity contribution is 5.32. The molecule has 5 nitrogen and oxygen atoms in total. The van der Waals surface area contributed by atoms with Crippen LogP contribution in [0, 0.1) is 0 Å². The Morgan fingerprint density at radius 3 is 2.53 bits per heavy atom. The molecular formula is C12H22N4O. The van der Waals surface area contributed by atoms with Crippen LogP contribution in [0.4, 0.5) is 5.82 Å². The Morgan fingerprint density at radius 1 is 1.35 bits per heavy atom. The predicted molar refractivity (Wildman–Crippen MR) is 67.7 cm³/mol. The molecule has 2 rings (SSSR count). The molecule has 1 fully saturated rings. The van der Waals surface area contributed by atoms with Crippen LogP contribution < -0.4 is 5.73 Å². The number of hydrogen-bond donors (Lipinski definition) is 1. The highest BCUT2D eigenvalue weighted by Gasteiger charge is 2.19. The van der Waals surface area contributed by atoms with Gasteiger partial charge in [0.25, 0.3) is 0 Å².